The lowest BCUT2D eigenvalue weighted by Gasteiger charge is -2.33. The van der Waals surface area contributed by atoms with Gasteiger partial charge in [0.05, 0.1) is 12.6 Å². The fourth-order valence-corrected chi connectivity index (χ4v) is 4.09. The van der Waals surface area contributed by atoms with Crippen molar-refractivity contribution >= 4 is 18.3 Å². The van der Waals surface area contributed by atoms with Gasteiger partial charge in [0.2, 0.25) is 12.3 Å². The van der Waals surface area contributed by atoms with Crippen LogP contribution >= 0.6 is 0 Å². The minimum Gasteiger partial charge on any atom is -0.463 e. The molecule has 1 unspecified atom stereocenters. The predicted molar refractivity (Wildman–Crippen MR) is 139 cm³/mol. The first-order valence-electron chi connectivity index (χ1n) is 13.1. The summed E-state index contributed by atoms with van der Waals surface area (Å²) in [4.78, 5) is 39.7. The Morgan fingerprint density at radius 3 is 2.06 bits per heavy atom. The Bertz CT molecular complexity index is 629. The molecule has 2 amide bonds. The van der Waals surface area contributed by atoms with Crippen molar-refractivity contribution in [2.75, 3.05) is 26.7 Å². The van der Waals surface area contributed by atoms with E-state index in [1.54, 1.807) is 31.9 Å². The van der Waals surface area contributed by atoms with Crippen LogP contribution in [-0.2, 0) is 19.1 Å². The molecule has 1 heterocycles. The summed E-state index contributed by atoms with van der Waals surface area (Å²) in [6, 6.07) is -0.0164. The Morgan fingerprint density at radius 1 is 1.03 bits per heavy atom. The standard InChI is InChI=1S/C18H32N2O4.C9H19N/c1-8-13(5)16(19-11-21)17(22)20(7)15(12(3)4)10-14(6)18(23)24-9-2;1-3-9(2)10-7-5-4-6-8-10/h10-13,15-16H,8-9H2,1-7H3,(H,19,21);9H,3-8H2,1-2H3/b14-10+;/t13-,15+,16-;/m0./s1. The third-order valence-corrected chi connectivity index (χ3v) is 6.83. The van der Waals surface area contributed by atoms with Gasteiger partial charge in [0.1, 0.15) is 6.04 Å². The molecule has 0 aliphatic carbocycles. The van der Waals surface area contributed by atoms with E-state index >= 15 is 0 Å². The van der Waals surface area contributed by atoms with E-state index in [9.17, 15) is 14.4 Å². The van der Waals surface area contributed by atoms with Crippen LogP contribution in [0.3, 0.4) is 0 Å². The predicted octanol–water partition coefficient (Wildman–Crippen LogP) is 4.41. The molecule has 0 aromatic rings. The summed E-state index contributed by atoms with van der Waals surface area (Å²) < 4.78 is 5.00. The van der Waals surface area contributed by atoms with Gasteiger partial charge in [-0.1, -0.05) is 53.5 Å². The number of hydrogen-bond acceptors (Lipinski definition) is 5. The van der Waals surface area contributed by atoms with Gasteiger partial charge in [0, 0.05) is 18.7 Å². The molecule has 0 aromatic carbocycles. The number of carbonyl (C=O) groups excluding carboxylic acids is 3. The van der Waals surface area contributed by atoms with Crippen molar-refractivity contribution in [3.8, 4) is 0 Å². The molecule has 0 spiro atoms. The molecule has 1 aliphatic rings. The zero-order chi connectivity index (χ0) is 26.3. The maximum Gasteiger partial charge on any atom is 0.333 e. The third-order valence-electron chi connectivity index (χ3n) is 6.83. The van der Waals surface area contributed by atoms with Gasteiger partial charge in [-0.2, -0.15) is 0 Å². The molecule has 0 radical (unpaired) electrons. The second kappa shape index (κ2) is 17.5. The molecule has 0 aromatic heterocycles. The molecule has 1 N–H and O–H groups in total. The molecule has 1 fully saturated rings. The molecule has 34 heavy (non-hydrogen) atoms. The highest BCUT2D eigenvalue weighted by atomic mass is 16.5. The maximum absolute atomic E-state index is 12.8. The van der Waals surface area contributed by atoms with Crippen LogP contribution in [0.2, 0.25) is 0 Å². The zero-order valence-electron chi connectivity index (χ0n) is 23.2. The first-order valence-corrected chi connectivity index (χ1v) is 13.1. The first-order chi connectivity index (χ1) is 16.0. The van der Waals surface area contributed by atoms with E-state index in [0.29, 0.717) is 18.6 Å². The van der Waals surface area contributed by atoms with E-state index in [4.69, 9.17) is 4.74 Å². The van der Waals surface area contributed by atoms with E-state index in [-0.39, 0.29) is 29.8 Å². The van der Waals surface area contributed by atoms with Gasteiger partial charge in [-0.05, 0) is 65.0 Å². The Balaban J connectivity index is 0.000000896. The minimum atomic E-state index is -0.574. The number of esters is 1. The average molecular weight is 482 g/mol. The number of likely N-dealkylation sites (tertiary alicyclic amines) is 1. The van der Waals surface area contributed by atoms with Crippen molar-refractivity contribution in [1.82, 2.24) is 15.1 Å². The number of nitrogens with one attached hydrogen (secondary N) is 1. The molecular formula is C27H51N3O4. The second-order valence-electron chi connectivity index (χ2n) is 9.76. The molecule has 7 nitrogen and oxygen atoms in total. The molecular weight excluding hydrogens is 430 g/mol. The number of piperidine rings is 1. The topological polar surface area (TPSA) is 79.0 Å². The Labute approximate surface area is 208 Å². The number of carbonyl (C=O) groups is 3. The fourth-order valence-electron chi connectivity index (χ4n) is 4.09. The lowest BCUT2D eigenvalue weighted by Crippen LogP contribution is -2.52. The monoisotopic (exact) mass is 481 g/mol. The van der Waals surface area contributed by atoms with Gasteiger partial charge in [-0.25, -0.2) is 4.79 Å². The largest absolute Gasteiger partial charge is 0.463 e. The van der Waals surface area contributed by atoms with Crippen molar-refractivity contribution in [2.45, 2.75) is 106 Å². The highest BCUT2D eigenvalue weighted by molar-refractivity contribution is 5.88. The normalized spacial score (nSPS) is 18.1. The summed E-state index contributed by atoms with van der Waals surface area (Å²) >= 11 is 0. The molecule has 198 valence electrons. The fraction of sp³-hybridized carbons (Fsp3) is 0.815. The summed E-state index contributed by atoms with van der Waals surface area (Å²) in [7, 11) is 1.70. The van der Waals surface area contributed by atoms with Crippen LogP contribution < -0.4 is 5.32 Å². The molecule has 0 bridgehead atoms. The molecule has 1 rings (SSSR count). The SMILES string of the molecule is CCC(C)N1CCCCC1.CCOC(=O)/C(C)=C/[C@H](C(C)C)N(C)C(=O)[C@@H](NC=O)[C@@H](C)CC. The summed E-state index contributed by atoms with van der Waals surface area (Å²) in [6.45, 7) is 18.9. The first kappa shape index (κ1) is 32.1. The number of likely N-dealkylation sites (N-methyl/N-ethyl adjacent to an activating group) is 1. The van der Waals surface area contributed by atoms with Crippen LogP contribution in [0.25, 0.3) is 0 Å². The van der Waals surface area contributed by atoms with Crippen molar-refractivity contribution in [3.05, 3.63) is 11.6 Å². The Kier molecular flexibility index (Phi) is 16.6. The number of ether oxygens (including phenoxy) is 1. The second-order valence-corrected chi connectivity index (χ2v) is 9.76. The van der Waals surface area contributed by atoms with Gasteiger partial charge in [0.25, 0.3) is 0 Å². The Hall–Kier alpha value is -1.89. The zero-order valence-corrected chi connectivity index (χ0v) is 23.2. The highest BCUT2D eigenvalue weighted by Gasteiger charge is 2.30. The van der Waals surface area contributed by atoms with E-state index in [1.165, 1.54) is 38.8 Å². The number of nitrogens with zero attached hydrogens (tertiary/aromatic N) is 2. The number of hydrogen-bond donors (Lipinski definition) is 1. The van der Waals surface area contributed by atoms with Crippen LogP contribution in [0.15, 0.2) is 11.6 Å². The van der Waals surface area contributed by atoms with Gasteiger partial charge in [0.15, 0.2) is 0 Å². The molecule has 0 saturated carbocycles. The minimum absolute atomic E-state index is 0.0214. The molecule has 1 saturated heterocycles. The van der Waals surface area contributed by atoms with Gasteiger partial charge in [-0.3, -0.25) is 9.59 Å². The van der Waals surface area contributed by atoms with Crippen molar-refractivity contribution in [3.63, 3.8) is 0 Å². The van der Waals surface area contributed by atoms with Crippen LogP contribution in [-0.4, -0.2) is 73.0 Å². The number of rotatable bonds is 12. The summed E-state index contributed by atoms with van der Waals surface area (Å²) in [5.74, 6) is -0.415. The van der Waals surface area contributed by atoms with Crippen LogP contribution in [0, 0.1) is 11.8 Å². The smallest absolute Gasteiger partial charge is 0.333 e. The van der Waals surface area contributed by atoms with E-state index in [2.05, 4.69) is 24.1 Å². The summed E-state index contributed by atoms with van der Waals surface area (Å²) in [5, 5.41) is 2.62. The lowest BCUT2D eigenvalue weighted by molar-refractivity contribution is -0.139. The van der Waals surface area contributed by atoms with Gasteiger partial charge < -0.3 is 19.9 Å². The molecule has 4 atom stereocenters. The van der Waals surface area contributed by atoms with Crippen LogP contribution in [0.5, 0.6) is 0 Å². The summed E-state index contributed by atoms with van der Waals surface area (Å²) in [6.07, 6.45) is 8.69. The molecule has 7 heteroatoms. The van der Waals surface area contributed by atoms with Gasteiger partial charge >= 0.3 is 5.97 Å². The van der Waals surface area contributed by atoms with Crippen molar-refractivity contribution < 1.29 is 19.1 Å². The van der Waals surface area contributed by atoms with Crippen LogP contribution in [0.1, 0.15) is 87.5 Å². The molecule has 1 aliphatic heterocycles. The quantitative estimate of drug-likeness (QED) is 0.254. The summed E-state index contributed by atoms with van der Waals surface area (Å²) in [5.41, 5.74) is 0.471. The van der Waals surface area contributed by atoms with E-state index in [1.807, 2.05) is 27.7 Å². The van der Waals surface area contributed by atoms with Crippen LogP contribution in [0.4, 0.5) is 0 Å². The van der Waals surface area contributed by atoms with Crippen molar-refractivity contribution in [2.24, 2.45) is 11.8 Å². The van der Waals surface area contributed by atoms with E-state index in [0.717, 1.165) is 12.5 Å². The number of amides is 2. The maximum atomic E-state index is 12.8. The van der Waals surface area contributed by atoms with E-state index < -0.39 is 6.04 Å². The Morgan fingerprint density at radius 2 is 1.62 bits per heavy atom. The highest BCUT2D eigenvalue weighted by Crippen LogP contribution is 2.18. The average Bonchev–Trinajstić information content (AvgIpc) is 2.84. The van der Waals surface area contributed by atoms with Gasteiger partial charge in [-0.15, -0.1) is 0 Å². The third kappa shape index (κ3) is 11.0. The lowest BCUT2D eigenvalue weighted by atomic mass is 9.95. The van der Waals surface area contributed by atoms with Crippen molar-refractivity contribution in [1.29, 1.82) is 0 Å².